The third-order valence-electron chi connectivity index (χ3n) is 3.41. The number of nitrogens with one attached hydrogen (secondary N) is 1. The number of likely N-dealkylation sites (tertiary alicyclic amines) is 1. The maximum atomic E-state index is 11.6. The lowest BCUT2D eigenvalue weighted by molar-refractivity contribution is 0.0938. The van der Waals surface area contributed by atoms with Gasteiger partial charge in [0.15, 0.2) is 0 Å². The second-order valence-corrected chi connectivity index (χ2v) is 4.65. The van der Waals surface area contributed by atoms with Gasteiger partial charge in [0.05, 0.1) is 11.8 Å². The smallest absolute Gasteiger partial charge is 0.254 e. The number of hydrogen-bond acceptors (Lipinski definition) is 3. The summed E-state index contributed by atoms with van der Waals surface area (Å²) < 4.78 is 4.88. The summed E-state index contributed by atoms with van der Waals surface area (Å²) in [4.78, 5) is 14.1. The van der Waals surface area contributed by atoms with Crippen LogP contribution in [0.2, 0.25) is 0 Å². The van der Waals surface area contributed by atoms with E-state index in [-0.39, 0.29) is 5.91 Å². The molecule has 0 aromatic carbocycles. The van der Waals surface area contributed by atoms with Gasteiger partial charge in [-0.3, -0.25) is 9.69 Å². The van der Waals surface area contributed by atoms with E-state index in [2.05, 4.69) is 17.1 Å². The predicted octanol–water partition coefficient (Wildman–Crippen LogP) is 1.88. The molecule has 0 bridgehead atoms. The minimum atomic E-state index is -0.0524. The van der Waals surface area contributed by atoms with Crippen LogP contribution in [0.3, 0.4) is 0 Å². The first-order valence-electron chi connectivity index (χ1n) is 6.32. The molecule has 0 saturated carbocycles. The average molecular weight is 236 g/mol. The Balaban J connectivity index is 1.70. The van der Waals surface area contributed by atoms with Crippen LogP contribution in [0.4, 0.5) is 0 Å². The van der Waals surface area contributed by atoms with E-state index in [9.17, 15) is 4.79 Å². The molecule has 0 aliphatic carbocycles. The summed E-state index contributed by atoms with van der Waals surface area (Å²) in [5.74, 6) is -0.0524. The summed E-state index contributed by atoms with van der Waals surface area (Å²) in [5.41, 5.74) is 0.594. The van der Waals surface area contributed by atoms with Crippen molar-refractivity contribution in [3.8, 4) is 0 Å². The van der Waals surface area contributed by atoms with E-state index in [1.807, 2.05) is 0 Å². The van der Waals surface area contributed by atoms with Crippen LogP contribution in [0.5, 0.6) is 0 Å². The second kappa shape index (κ2) is 5.87. The SMILES string of the molecule is C[C@H]1CCCCN1CCNC(=O)c1ccoc1. The largest absolute Gasteiger partial charge is 0.472 e. The fourth-order valence-corrected chi connectivity index (χ4v) is 2.30. The number of rotatable bonds is 4. The minimum absolute atomic E-state index is 0.0524. The molecule has 1 atom stereocenters. The maximum absolute atomic E-state index is 11.6. The molecule has 4 nitrogen and oxygen atoms in total. The van der Waals surface area contributed by atoms with Crippen molar-refractivity contribution in [3.63, 3.8) is 0 Å². The van der Waals surface area contributed by atoms with Crippen molar-refractivity contribution in [1.29, 1.82) is 0 Å². The van der Waals surface area contributed by atoms with E-state index in [4.69, 9.17) is 4.42 Å². The first kappa shape index (κ1) is 12.2. The van der Waals surface area contributed by atoms with Crippen molar-refractivity contribution in [3.05, 3.63) is 24.2 Å². The molecule has 17 heavy (non-hydrogen) atoms. The van der Waals surface area contributed by atoms with Gasteiger partial charge >= 0.3 is 0 Å². The summed E-state index contributed by atoms with van der Waals surface area (Å²) in [6, 6.07) is 2.33. The lowest BCUT2D eigenvalue weighted by atomic mass is 10.0. The van der Waals surface area contributed by atoms with Crippen molar-refractivity contribution >= 4 is 5.91 Å². The Bertz CT molecular complexity index is 348. The van der Waals surface area contributed by atoms with Crippen LogP contribution in [-0.4, -0.2) is 36.5 Å². The monoisotopic (exact) mass is 236 g/mol. The molecular weight excluding hydrogens is 216 g/mol. The van der Waals surface area contributed by atoms with E-state index in [0.29, 0.717) is 18.2 Å². The van der Waals surface area contributed by atoms with Crippen LogP contribution in [0.25, 0.3) is 0 Å². The molecule has 0 spiro atoms. The molecule has 1 aromatic heterocycles. The minimum Gasteiger partial charge on any atom is -0.472 e. The summed E-state index contributed by atoms with van der Waals surface area (Å²) in [7, 11) is 0. The zero-order valence-corrected chi connectivity index (χ0v) is 10.3. The van der Waals surface area contributed by atoms with Crippen LogP contribution >= 0.6 is 0 Å². The molecule has 1 fully saturated rings. The number of carbonyl (C=O) groups excluding carboxylic acids is 1. The van der Waals surface area contributed by atoms with E-state index in [1.54, 1.807) is 6.07 Å². The van der Waals surface area contributed by atoms with Crippen molar-refractivity contribution in [1.82, 2.24) is 10.2 Å². The molecule has 1 aromatic rings. The zero-order valence-electron chi connectivity index (χ0n) is 10.3. The molecule has 1 saturated heterocycles. The van der Waals surface area contributed by atoms with Gasteiger partial charge in [-0.1, -0.05) is 6.42 Å². The van der Waals surface area contributed by atoms with E-state index >= 15 is 0 Å². The van der Waals surface area contributed by atoms with Gasteiger partial charge in [-0.05, 0) is 32.4 Å². The first-order chi connectivity index (χ1) is 8.27. The van der Waals surface area contributed by atoms with Gasteiger partial charge < -0.3 is 9.73 Å². The fourth-order valence-electron chi connectivity index (χ4n) is 2.30. The lowest BCUT2D eigenvalue weighted by Gasteiger charge is -2.33. The van der Waals surface area contributed by atoms with Gasteiger partial charge in [-0.2, -0.15) is 0 Å². The van der Waals surface area contributed by atoms with Crippen LogP contribution in [0.15, 0.2) is 23.0 Å². The van der Waals surface area contributed by atoms with Crippen LogP contribution in [0.1, 0.15) is 36.5 Å². The van der Waals surface area contributed by atoms with Gasteiger partial charge in [-0.15, -0.1) is 0 Å². The molecule has 4 heteroatoms. The van der Waals surface area contributed by atoms with Gasteiger partial charge in [0.25, 0.3) is 5.91 Å². The third-order valence-corrected chi connectivity index (χ3v) is 3.41. The predicted molar refractivity (Wildman–Crippen MR) is 65.9 cm³/mol. The Hall–Kier alpha value is -1.29. The van der Waals surface area contributed by atoms with E-state index in [1.165, 1.54) is 31.8 Å². The Morgan fingerprint density at radius 3 is 3.18 bits per heavy atom. The van der Waals surface area contributed by atoms with Gasteiger partial charge in [-0.25, -0.2) is 0 Å². The fraction of sp³-hybridized carbons (Fsp3) is 0.615. The number of hydrogen-bond donors (Lipinski definition) is 1. The third kappa shape index (κ3) is 3.33. The number of furan rings is 1. The zero-order chi connectivity index (χ0) is 12.1. The molecule has 0 radical (unpaired) electrons. The highest BCUT2D eigenvalue weighted by atomic mass is 16.3. The standard InChI is InChI=1S/C13H20N2O2/c1-11-4-2-3-7-15(11)8-6-14-13(16)12-5-9-17-10-12/h5,9-11H,2-4,6-8H2,1H3,(H,14,16)/t11-/m0/s1. The topological polar surface area (TPSA) is 45.5 Å². The summed E-state index contributed by atoms with van der Waals surface area (Å²) in [6.45, 7) is 5.05. The van der Waals surface area contributed by atoms with Gasteiger partial charge in [0.2, 0.25) is 0 Å². The Labute approximate surface area is 102 Å². The van der Waals surface area contributed by atoms with Gasteiger partial charge in [0.1, 0.15) is 6.26 Å². The molecule has 94 valence electrons. The van der Waals surface area contributed by atoms with Crippen molar-refractivity contribution in [2.24, 2.45) is 0 Å². The van der Waals surface area contributed by atoms with Crippen LogP contribution in [0, 0.1) is 0 Å². The molecular formula is C13H20N2O2. The van der Waals surface area contributed by atoms with Crippen molar-refractivity contribution in [2.75, 3.05) is 19.6 Å². The Morgan fingerprint density at radius 1 is 1.59 bits per heavy atom. The lowest BCUT2D eigenvalue weighted by Crippen LogP contribution is -2.42. The average Bonchev–Trinajstić information content (AvgIpc) is 2.85. The Kier molecular flexibility index (Phi) is 4.20. The Morgan fingerprint density at radius 2 is 2.47 bits per heavy atom. The molecule has 1 amide bonds. The highest BCUT2D eigenvalue weighted by molar-refractivity contribution is 5.93. The van der Waals surface area contributed by atoms with E-state index < -0.39 is 0 Å². The molecule has 1 aliphatic rings. The van der Waals surface area contributed by atoms with E-state index in [0.717, 1.165) is 13.1 Å². The number of carbonyl (C=O) groups is 1. The highest BCUT2D eigenvalue weighted by Crippen LogP contribution is 2.15. The molecule has 2 heterocycles. The second-order valence-electron chi connectivity index (χ2n) is 4.65. The van der Waals surface area contributed by atoms with Crippen molar-refractivity contribution < 1.29 is 9.21 Å². The van der Waals surface area contributed by atoms with Crippen LogP contribution in [-0.2, 0) is 0 Å². The van der Waals surface area contributed by atoms with Crippen molar-refractivity contribution in [2.45, 2.75) is 32.2 Å². The number of piperidine rings is 1. The highest BCUT2D eigenvalue weighted by Gasteiger charge is 2.17. The number of nitrogens with zero attached hydrogens (tertiary/aromatic N) is 1. The summed E-state index contributed by atoms with van der Waals surface area (Å²) in [6.07, 6.45) is 6.87. The normalized spacial score (nSPS) is 21.4. The first-order valence-corrected chi connectivity index (χ1v) is 6.32. The van der Waals surface area contributed by atoms with Crippen LogP contribution < -0.4 is 5.32 Å². The summed E-state index contributed by atoms with van der Waals surface area (Å²) >= 11 is 0. The quantitative estimate of drug-likeness (QED) is 0.868. The molecule has 1 aliphatic heterocycles. The van der Waals surface area contributed by atoms with Gasteiger partial charge in [0, 0.05) is 19.1 Å². The number of amides is 1. The molecule has 1 N–H and O–H groups in total. The molecule has 2 rings (SSSR count). The molecule has 0 unspecified atom stereocenters. The summed E-state index contributed by atoms with van der Waals surface area (Å²) in [5, 5.41) is 2.91. The maximum Gasteiger partial charge on any atom is 0.254 e.